The van der Waals surface area contributed by atoms with Gasteiger partial charge in [0.15, 0.2) is 0 Å². The molecule has 0 aliphatic heterocycles. The van der Waals surface area contributed by atoms with Crippen LogP contribution in [0.25, 0.3) is 0 Å². The van der Waals surface area contributed by atoms with Gasteiger partial charge in [-0.2, -0.15) is 36.4 Å². The summed E-state index contributed by atoms with van der Waals surface area (Å²) < 4.78 is 0. The van der Waals surface area contributed by atoms with Crippen molar-refractivity contribution in [3.63, 3.8) is 0 Å². The van der Waals surface area contributed by atoms with E-state index in [0.29, 0.717) is 0 Å². The molecule has 0 unspecified atom stereocenters. The van der Waals surface area contributed by atoms with E-state index in [2.05, 4.69) is 6.92 Å². The van der Waals surface area contributed by atoms with Crippen LogP contribution < -0.4 is 24.8 Å². The average molecular weight is 472 g/mol. The van der Waals surface area contributed by atoms with Crippen LogP contribution in [0.3, 0.4) is 0 Å². The smallest absolute Gasteiger partial charge is 0.172 e. The zero-order valence-corrected chi connectivity index (χ0v) is 16.5. The molecule has 2 aromatic rings. The molecule has 0 N–H and O–H groups in total. The second-order valence-electron chi connectivity index (χ2n) is 2.68. The van der Waals surface area contributed by atoms with E-state index in [1.54, 1.807) is 0 Å². The summed E-state index contributed by atoms with van der Waals surface area (Å²) in [4.78, 5) is -0.263. The summed E-state index contributed by atoms with van der Waals surface area (Å²) in [5.41, 5.74) is 0. The fraction of sp³-hybridized carbons (Fsp3) is 0.167. The molecular formula is C12H15Cl3HfSi-2. The molecule has 0 aromatic heterocycles. The molecule has 94 valence electrons. The van der Waals surface area contributed by atoms with Crippen LogP contribution in [-0.4, -0.2) is 4.80 Å². The third kappa shape index (κ3) is 22.3. The van der Waals surface area contributed by atoms with E-state index in [9.17, 15) is 0 Å². The van der Waals surface area contributed by atoms with Crippen LogP contribution in [0.1, 0.15) is 6.92 Å². The summed E-state index contributed by atoms with van der Waals surface area (Å²) in [7, 11) is 0. The third-order valence-electron chi connectivity index (χ3n) is 1.42. The SMILES string of the molecule is CC[Si](Cl)=[Hf+2].[Cl-].[Cl-].c1cc[cH-]c1.c1cc[cH-]c1. The Kier molecular flexibility index (Phi) is 25.5. The number of halogens is 3. The summed E-state index contributed by atoms with van der Waals surface area (Å²) in [5.74, 6) is 0. The Labute approximate surface area is 136 Å². The van der Waals surface area contributed by atoms with Gasteiger partial charge < -0.3 is 24.8 Å². The molecule has 17 heavy (non-hydrogen) atoms. The zero-order valence-electron chi connectivity index (χ0n) is 9.61. The first-order chi connectivity index (χ1) is 7.27. The first-order valence-corrected chi connectivity index (χ1v) is 12.9. The van der Waals surface area contributed by atoms with Crippen molar-refractivity contribution in [2.75, 3.05) is 0 Å². The molecular weight excluding hydrogens is 457 g/mol. The van der Waals surface area contributed by atoms with E-state index < -0.39 is 0 Å². The summed E-state index contributed by atoms with van der Waals surface area (Å²) in [6, 6.07) is 21.2. The summed E-state index contributed by atoms with van der Waals surface area (Å²) in [5, 5.41) is 0. The normalized spacial score (nSPS) is 7.06. The number of hydrogen-bond acceptors (Lipinski definition) is 0. The van der Waals surface area contributed by atoms with Crippen molar-refractivity contribution in [1.82, 2.24) is 0 Å². The van der Waals surface area contributed by atoms with Crippen molar-refractivity contribution < 1.29 is 47.8 Å². The molecule has 2 rings (SSSR count). The van der Waals surface area contributed by atoms with E-state index in [4.69, 9.17) is 11.1 Å². The van der Waals surface area contributed by atoms with Crippen LogP contribution in [0.5, 0.6) is 0 Å². The maximum atomic E-state index is 5.63. The molecule has 0 atom stereocenters. The molecule has 0 saturated heterocycles. The molecule has 0 fully saturated rings. The third-order valence-corrected chi connectivity index (χ3v) is 6.65. The van der Waals surface area contributed by atoms with E-state index in [-0.39, 0.29) is 29.6 Å². The van der Waals surface area contributed by atoms with Gasteiger partial charge in [-0.25, -0.2) is 24.3 Å². The van der Waals surface area contributed by atoms with Crippen molar-refractivity contribution in [1.29, 1.82) is 0 Å². The van der Waals surface area contributed by atoms with Gasteiger partial charge >= 0.3 is 51.9 Å². The zero-order chi connectivity index (χ0) is 11.4. The molecule has 0 aliphatic carbocycles. The Morgan fingerprint density at radius 3 is 1.24 bits per heavy atom. The van der Waals surface area contributed by atoms with Gasteiger partial charge in [-0.1, -0.05) is 0 Å². The predicted molar refractivity (Wildman–Crippen MR) is 66.2 cm³/mol. The van der Waals surface area contributed by atoms with Crippen LogP contribution in [0.4, 0.5) is 0 Å². The summed E-state index contributed by atoms with van der Waals surface area (Å²) in [6.07, 6.45) is 0. The maximum Gasteiger partial charge on any atom is -0.172 e. The van der Waals surface area contributed by atoms with Gasteiger partial charge in [0, 0.05) is 0 Å². The van der Waals surface area contributed by atoms with Crippen molar-refractivity contribution in [3.05, 3.63) is 60.7 Å². The molecule has 0 amide bonds. The minimum atomic E-state index is -0.263. The van der Waals surface area contributed by atoms with Gasteiger partial charge in [0.25, 0.3) is 0 Å². The second kappa shape index (κ2) is 19.0. The minimum absolute atomic E-state index is 0. The average Bonchev–Trinajstić information content (AvgIpc) is 2.96. The molecule has 0 saturated carbocycles. The predicted octanol–water partition coefficient (Wildman–Crippen LogP) is -1.90. The van der Waals surface area contributed by atoms with Crippen LogP contribution in [0.15, 0.2) is 60.7 Å². The Bertz CT molecular complexity index is 246. The van der Waals surface area contributed by atoms with Crippen LogP contribution in [-0.2, 0) is 23.0 Å². The fourth-order valence-corrected chi connectivity index (χ4v) is 0.642. The molecule has 0 nitrogen and oxygen atoms in total. The molecule has 5 heteroatoms. The standard InChI is InChI=1S/2C5H5.C2H5ClSi.2ClH.Hf/c2*1-2-4-5-3-1;1-2-4-3;;;/h2*1-5H;2H2,1H3;2*1H;/q2*-1;;;;+2/p-2. The van der Waals surface area contributed by atoms with Crippen LogP contribution in [0.2, 0.25) is 6.04 Å². The van der Waals surface area contributed by atoms with Crippen molar-refractivity contribution >= 4 is 15.9 Å². The first-order valence-electron chi connectivity index (χ1n) is 4.83. The molecule has 0 bridgehead atoms. The first kappa shape index (κ1) is 22.8. The quantitative estimate of drug-likeness (QED) is 0.259. The second-order valence-corrected chi connectivity index (χ2v) is 15.5. The number of rotatable bonds is 1. The van der Waals surface area contributed by atoms with Gasteiger partial charge in [0.1, 0.15) is 0 Å². The Morgan fingerprint density at radius 1 is 0.941 bits per heavy atom. The molecule has 0 heterocycles. The van der Waals surface area contributed by atoms with Gasteiger partial charge in [0.05, 0.1) is 0 Å². The van der Waals surface area contributed by atoms with Crippen molar-refractivity contribution in [2.45, 2.75) is 13.0 Å². The summed E-state index contributed by atoms with van der Waals surface area (Å²) in [6.45, 7) is 2.15. The molecule has 2 aromatic carbocycles. The maximum absolute atomic E-state index is 5.63. The van der Waals surface area contributed by atoms with Crippen LogP contribution >= 0.6 is 11.1 Å². The van der Waals surface area contributed by atoms with E-state index in [1.807, 2.05) is 60.7 Å². The monoisotopic (exact) mass is 472 g/mol. The molecule has 0 radical (unpaired) electrons. The van der Waals surface area contributed by atoms with Crippen molar-refractivity contribution in [3.8, 4) is 0 Å². The van der Waals surface area contributed by atoms with Gasteiger partial charge in [-0.05, 0) is 0 Å². The molecule has 0 aliphatic rings. The van der Waals surface area contributed by atoms with Crippen LogP contribution in [0, 0.1) is 0 Å². The topological polar surface area (TPSA) is 0 Å². The molecule has 0 spiro atoms. The Hall–Kier alpha value is 0.657. The van der Waals surface area contributed by atoms with E-state index in [1.165, 1.54) is 29.0 Å². The minimum Gasteiger partial charge on any atom is -1.00 e. The number of hydrogen-bond donors (Lipinski definition) is 0. The largest absolute Gasteiger partial charge is 1.00 e. The van der Waals surface area contributed by atoms with E-state index >= 15 is 0 Å². The Morgan fingerprint density at radius 2 is 1.18 bits per heavy atom. The van der Waals surface area contributed by atoms with Gasteiger partial charge in [0.2, 0.25) is 0 Å². The van der Waals surface area contributed by atoms with Crippen molar-refractivity contribution in [2.24, 2.45) is 0 Å². The van der Waals surface area contributed by atoms with Gasteiger partial charge in [-0.3, -0.25) is 0 Å². The summed E-state index contributed by atoms with van der Waals surface area (Å²) >= 11 is 6.86. The Balaban J connectivity index is -0.000000163. The van der Waals surface area contributed by atoms with Gasteiger partial charge in [-0.15, -0.1) is 0 Å². The van der Waals surface area contributed by atoms with E-state index in [0.717, 1.165) is 0 Å². The fourth-order valence-electron chi connectivity index (χ4n) is 0.642.